The van der Waals surface area contributed by atoms with Gasteiger partial charge in [-0.2, -0.15) is 4.31 Å². The number of nitrogens with zero attached hydrogens (tertiary/aromatic N) is 2. The largest absolute Gasteiger partial charge is 0.497 e. The Morgan fingerprint density at radius 2 is 1.53 bits per heavy atom. The SMILES string of the molecule is COc1ccc(N(C)C(=O)CN(Cc2ccc(C)cc2)S(=O)(=O)c2ccc(Br)cc2)cc1. The van der Waals surface area contributed by atoms with Gasteiger partial charge in [-0.25, -0.2) is 8.42 Å². The Kier molecular flexibility index (Phi) is 7.71. The normalized spacial score (nSPS) is 11.4. The second-order valence-corrected chi connectivity index (χ2v) is 10.2. The lowest BCUT2D eigenvalue weighted by molar-refractivity contribution is -0.118. The predicted octanol–water partition coefficient (Wildman–Crippen LogP) is 4.62. The minimum atomic E-state index is -3.90. The van der Waals surface area contributed by atoms with Crippen LogP contribution in [0.3, 0.4) is 0 Å². The second kappa shape index (κ2) is 10.3. The van der Waals surface area contributed by atoms with Gasteiger partial charge in [0.25, 0.3) is 0 Å². The van der Waals surface area contributed by atoms with E-state index in [1.807, 2.05) is 31.2 Å². The molecule has 1 amide bonds. The molecule has 0 saturated heterocycles. The van der Waals surface area contributed by atoms with Crippen LogP contribution in [0.15, 0.2) is 82.2 Å². The number of likely N-dealkylation sites (N-methyl/N-ethyl adjacent to an activating group) is 1. The van der Waals surface area contributed by atoms with E-state index in [1.165, 1.54) is 21.3 Å². The van der Waals surface area contributed by atoms with E-state index in [0.717, 1.165) is 15.6 Å². The van der Waals surface area contributed by atoms with Crippen LogP contribution in [-0.4, -0.2) is 39.3 Å². The Balaban J connectivity index is 1.89. The van der Waals surface area contributed by atoms with Gasteiger partial charge in [0.15, 0.2) is 0 Å². The molecule has 0 aromatic heterocycles. The predicted molar refractivity (Wildman–Crippen MR) is 129 cm³/mol. The first-order chi connectivity index (χ1) is 15.2. The van der Waals surface area contributed by atoms with Crippen LogP contribution in [0.2, 0.25) is 0 Å². The molecule has 3 aromatic rings. The Morgan fingerprint density at radius 1 is 0.938 bits per heavy atom. The summed E-state index contributed by atoms with van der Waals surface area (Å²) >= 11 is 3.33. The van der Waals surface area contributed by atoms with E-state index in [0.29, 0.717) is 11.4 Å². The van der Waals surface area contributed by atoms with Crippen molar-refractivity contribution in [3.8, 4) is 5.75 Å². The average Bonchev–Trinajstić information content (AvgIpc) is 2.79. The molecule has 0 spiro atoms. The highest BCUT2D eigenvalue weighted by molar-refractivity contribution is 9.10. The van der Waals surface area contributed by atoms with Crippen molar-refractivity contribution >= 4 is 37.5 Å². The molecular formula is C24H25BrN2O4S. The fourth-order valence-electron chi connectivity index (χ4n) is 3.09. The number of amides is 1. The van der Waals surface area contributed by atoms with Crippen LogP contribution in [0.1, 0.15) is 11.1 Å². The third kappa shape index (κ3) is 5.76. The van der Waals surface area contributed by atoms with E-state index in [4.69, 9.17) is 4.74 Å². The van der Waals surface area contributed by atoms with Gasteiger partial charge in [0.2, 0.25) is 15.9 Å². The minimum absolute atomic E-state index is 0.0842. The van der Waals surface area contributed by atoms with Crippen LogP contribution in [0.25, 0.3) is 0 Å². The van der Waals surface area contributed by atoms with Gasteiger partial charge in [-0.1, -0.05) is 45.8 Å². The Hall–Kier alpha value is -2.68. The van der Waals surface area contributed by atoms with E-state index < -0.39 is 10.0 Å². The standard InChI is InChI=1S/C24H25BrN2O4S/c1-18-4-6-19(7-5-18)16-27(32(29,30)23-14-8-20(25)9-15-23)17-24(28)26(2)21-10-12-22(31-3)13-11-21/h4-15H,16-17H2,1-3H3. The quantitative estimate of drug-likeness (QED) is 0.438. The van der Waals surface area contributed by atoms with Gasteiger partial charge in [-0.15, -0.1) is 0 Å². The van der Waals surface area contributed by atoms with Crippen molar-refractivity contribution in [3.05, 3.63) is 88.4 Å². The smallest absolute Gasteiger partial charge is 0.243 e. The summed E-state index contributed by atoms with van der Waals surface area (Å²) in [5, 5.41) is 0. The molecule has 0 N–H and O–H groups in total. The number of rotatable bonds is 8. The minimum Gasteiger partial charge on any atom is -0.497 e. The molecule has 0 saturated carbocycles. The van der Waals surface area contributed by atoms with Crippen molar-refractivity contribution in [2.45, 2.75) is 18.4 Å². The molecule has 8 heteroatoms. The maximum Gasteiger partial charge on any atom is 0.243 e. The molecule has 0 aliphatic heterocycles. The number of halogens is 1. The van der Waals surface area contributed by atoms with Crippen molar-refractivity contribution in [2.24, 2.45) is 0 Å². The lowest BCUT2D eigenvalue weighted by Crippen LogP contribution is -2.41. The molecule has 0 atom stereocenters. The van der Waals surface area contributed by atoms with Crippen LogP contribution in [0, 0.1) is 6.92 Å². The first-order valence-electron chi connectivity index (χ1n) is 9.92. The Morgan fingerprint density at radius 3 is 2.09 bits per heavy atom. The van der Waals surface area contributed by atoms with Crippen LogP contribution in [0.5, 0.6) is 5.75 Å². The van der Waals surface area contributed by atoms with Gasteiger partial charge in [-0.05, 0) is 61.0 Å². The van der Waals surface area contributed by atoms with Crippen LogP contribution in [0.4, 0.5) is 5.69 Å². The van der Waals surface area contributed by atoms with Crippen molar-refractivity contribution in [1.82, 2.24) is 4.31 Å². The molecule has 0 fully saturated rings. The zero-order chi connectivity index (χ0) is 23.3. The van der Waals surface area contributed by atoms with Crippen molar-refractivity contribution in [2.75, 3.05) is 25.6 Å². The molecule has 0 heterocycles. The summed E-state index contributed by atoms with van der Waals surface area (Å²) in [4.78, 5) is 14.6. The van der Waals surface area contributed by atoms with E-state index in [9.17, 15) is 13.2 Å². The lowest BCUT2D eigenvalue weighted by Gasteiger charge is -2.25. The molecular weight excluding hydrogens is 492 g/mol. The fraction of sp³-hybridized carbons (Fsp3) is 0.208. The second-order valence-electron chi connectivity index (χ2n) is 7.36. The van der Waals surface area contributed by atoms with Gasteiger partial charge >= 0.3 is 0 Å². The van der Waals surface area contributed by atoms with Gasteiger partial charge in [0.1, 0.15) is 5.75 Å². The fourth-order valence-corrected chi connectivity index (χ4v) is 4.73. The maximum absolute atomic E-state index is 13.4. The molecule has 0 radical (unpaired) electrons. The van der Waals surface area contributed by atoms with Gasteiger partial charge in [0, 0.05) is 23.8 Å². The van der Waals surface area contributed by atoms with E-state index in [-0.39, 0.29) is 23.9 Å². The number of aryl methyl sites for hydroxylation is 1. The number of benzene rings is 3. The zero-order valence-electron chi connectivity index (χ0n) is 18.2. The number of carbonyl (C=O) groups excluding carboxylic acids is 1. The monoisotopic (exact) mass is 516 g/mol. The Labute approximate surface area is 197 Å². The Bertz CT molecular complexity index is 1160. The molecule has 0 aliphatic carbocycles. The highest BCUT2D eigenvalue weighted by atomic mass is 79.9. The molecule has 6 nitrogen and oxygen atoms in total. The molecule has 0 unspecified atom stereocenters. The number of carbonyl (C=O) groups is 1. The summed E-state index contributed by atoms with van der Waals surface area (Å²) in [5.74, 6) is 0.330. The summed E-state index contributed by atoms with van der Waals surface area (Å²) in [5.41, 5.74) is 2.52. The van der Waals surface area contributed by atoms with Crippen LogP contribution < -0.4 is 9.64 Å². The van der Waals surface area contributed by atoms with Crippen molar-refractivity contribution in [3.63, 3.8) is 0 Å². The summed E-state index contributed by atoms with van der Waals surface area (Å²) in [6, 6.07) is 21.0. The van der Waals surface area contributed by atoms with Crippen molar-refractivity contribution < 1.29 is 17.9 Å². The lowest BCUT2D eigenvalue weighted by atomic mass is 10.1. The number of ether oxygens (including phenoxy) is 1. The van der Waals surface area contributed by atoms with Gasteiger partial charge in [0.05, 0.1) is 18.6 Å². The van der Waals surface area contributed by atoms with E-state index in [2.05, 4.69) is 15.9 Å². The van der Waals surface area contributed by atoms with Gasteiger partial charge in [-0.3, -0.25) is 4.79 Å². The van der Waals surface area contributed by atoms with E-state index >= 15 is 0 Å². The summed E-state index contributed by atoms with van der Waals surface area (Å²) < 4.78 is 34.0. The number of sulfonamides is 1. The number of anilines is 1. The molecule has 0 bridgehead atoms. The van der Waals surface area contributed by atoms with Crippen molar-refractivity contribution in [1.29, 1.82) is 0 Å². The number of hydrogen-bond donors (Lipinski definition) is 0. The molecule has 168 valence electrons. The summed E-state index contributed by atoms with van der Waals surface area (Å²) in [7, 11) is -0.708. The van der Waals surface area contributed by atoms with Gasteiger partial charge < -0.3 is 9.64 Å². The topological polar surface area (TPSA) is 66.9 Å². The molecule has 32 heavy (non-hydrogen) atoms. The first-order valence-corrected chi connectivity index (χ1v) is 12.2. The average molecular weight is 517 g/mol. The highest BCUT2D eigenvalue weighted by Gasteiger charge is 2.28. The molecule has 0 aliphatic rings. The van der Waals surface area contributed by atoms with E-state index in [1.54, 1.807) is 50.6 Å². The maximum atomic E-state index is 13.4. The highest BCUT2D eigenvalue weighted by Crippen LogP contribution is 2.23. The summed E-state index contributed by atoms with van der Waals surface area (Å²) in [6.07, 6.45) is 0. The third-order valence-electron chi connectivity index (χ3n) is 5.08. The van der Waals surface area contributed by atoms with Crippen LogP contribution in [-0.2, 0) is 21.4 Å². The number of hydrogen-bond acceptors (Lipinski definition) is 4. The summed E-state index contributed by atoms with van der Waals surface area (Å²) in [6.45, 7) is 1.75. The first kappa shape index (κ1) is 24.0. The number of methoxy groups -OCH3 is 1. The molecule has 3 aromatic carbocycles. The zero-order valence-corrected chi connectivity index (χ0v) is 20.6. The van der Waals surface area contributed by atoms with Crippen LogP contribution >= 0.6 is 15.9 Å². The third-order valence-corrected chi connectivity index (χ3v) is 7.41. The molecule has 3 rings (SSSR count).